The number of rotatable bonds is 4. The van der Waals surface area contributed by atoms with Crippen LogP contribution in [0.5, 0.6) is 0 Å². The van der Waals surface area contributed by atoms with Gasteiger partial charge in [-0.25, -0.2) is 4.98 Å². The van der Waals surface area contributed by atoms with Gasteiger partial charge in [0, 0.05) is 6.20 Å². The molecule has 98 valence electrons. The van der Waals surface area contributed by atoms with Crippen LogP contribution >= 0.6 is 15.9 Å². The third-order valence-electron chi connectivity index (χ3n) is 3.60. The minimum Gasteiger partial charge on any atom is -0.376 e. The zero-order valence-electron chi connectivity index (χ0n) is 10.9. The number of nitrogens with zero attached hydrogens (tertiary/aromatic N) is 1. The number of nitrogens with one attached hydrogen (secondary N) is 1. The van der Waals surface area contributed by atoms with Crippen LogP contribution in [0.15, 0.2) is 47.2 Å². The maximum absolute atomic E-state index is 4.27. The van der Waals surface area contributed by atoms with Gasteiger partial charge in [-0.15, -0.1) is 0 Å². The Labute approximate surface area is 122 Å². The van der Waals surface area contributed by atoms with Gasteiger partial charge in [-0.05, 0) is 59.3 Å². The number of hydrogen-bond donors (Lipinski definition) is 1. The van der Waals surface area contributed by atoms with Crippen molar-refractivity contribution in [2.75, 3.05) is 5.32 Å². The minimum absolute atomic E-state index is 0.390. The molecule has 1 saturated carbocycles. The summed E-state index contributed by atoms with van der Waals surface area (Å²) in [4.78, 5) is 4.27. The van der Waals surface area contributed by atoms with Crippen LogP contribution in [0, 0.1) is 12.8 Å². The molecule has 0 bridgehead atoms. The molecule has 2 nitrogen and oxygen atoms in total. The van der Waals surface area contributed by atoms with Crippen LogP contribution in [-0.4, -0.2) is 4.98 Å². The summed E-state index contributed by atoms with van der Waals surface area (Å²) < 4.78 is 0.882. The number of hydrogen-bond acceptors (Lipinski definition) is 2. The summed E-state index contributed by atoms with van der Waals surface area (Å²) >= 11 is 3.50. The molecule has 3 rings (SSSR count). The number of pyridine rings is 1. The summed E-state index contributed by atoms with van der Waals surface area (Å²) in [6.45, 7) is 2.13. The zero-order valence-corrected chi connectivity index (χ0v) is 12.5. The van der Waals surface area contributed by atoms with Gasteiger partial charge in [-0.1, -0.05) is 29.8 Å². The Morgan fingerprint density at radius 1 is 1.21 bits per heavy atom. The van der Waals surface area contributed by atoms with Crippen LogP contribution in [0.2, 0.25) is 0 Å². The Hall–Kier alpha value is -1.35. The Balaban J connectivity index is 1.86. The van der Waals surface area contributed by atoms with E-state index in [9.17, 15) is 0 Å². The van der Waals surface area contributed by atoms with E-state index in [-0.39, 0.29) is 0 Å². The first-order chi connectivity index (χ1) is 9.24. The Kier molecular flexibility index (Phi) is 3.56. The lowest BCUT2D eigenvalue weighted by atomic mass is 10.0. The highest BCUT2D eigenvalue weighted by atomic mass is 79.9. The Morgan fingerprint density at radius 2 is 1.95 bits per heavy atom. The first kappa shape index (κ1) is 12.7. The van der Waals surface area contributed by atoms with Crippen LogP contribution in [0.1, 0.15) is 30.0 Å². The van der Waals surface area contributed by atoms with E-state index >= 15 is 0 Å². The second-order valence-electron chi connectivity index (χ2n) is 5.21. The predicted octanol–water partition coefficient (Wildman–Crippen LogP) is 4.72. The lowest BCUT2D eigenvalue weighted by molar-refractivity contribution is 0.678. The van der Waals surface area contributed by atoms with Crippen molar-refractivity contribution in [2.24, 2.45) is 5.92 Å². The van der Waals surface area contributed by atoms with Crippen molar-refractivity contribution in [2.45, 2.75) is 25.8 Å². The summed E-state index contributed by atoms with van der Waals surface area (Å²) in [5, 5.41) is 3.64. The van der Waals surface area contributed by atoms with E-state index in [0.717, 1.165) is 16.2 Å². The third-order valence-corrected chi connectivity index (χ3v) is 4.23. The van der Waals surface area contributed by atoms with E-state index in [1.807, 2.05) is 6.07 Å². The molecule has 3 heteroatoms. The quantitative estimate of drug-likeness (QED) is 0.826. The van der Waals surface area contributed by atoms with Crippen LogP contribution in [0.3, 0.4) is 0 Å². The van der Waals surface area contributed by atoms with Gasteiger partial charge in [0.1, 0.15) is 4.60 Å². The summed E-state index contributed by atoms with van der Waals surface area (Å²) in [6.07, 6.45) is 4.42. The first-order valence-corrected chi connectivity index (χ1v) is 7.47. The van der Waals surface area contributed by atoms with Gasteiger partial charge in [-0.2, -0.15) is 0 Å². The Bertz CT molecular complexity index is 561. The van der Waals surface area contributed by atoms with Crippen molar-refractivity contribution in [3.63, 3.8) is 0 Å². The molecule has 0 amide bonds. The third kappa shape index (κ3) is 2.98. The van der Waals surface area contributed by atoms with Crippen LogP contribution in [-0.2, 0) is 0 Å². The molecule has 1 heterocycles. The van der Waals surface area contributed by atoms with Crippen molar-refractivity contribution >= 4 is 21.6 Å². The fourth-order valence-corrected chi connectivity index (χ4v) is 2.70. The minimum atomic E-state index is 0.390. The summed E-state index contributed by atoms with van der Waals surface area (Å²) in [6, 6.07) is 13.3. The zero-order chi connectivity index (χ0) is 13.2. The largest absolute Gasteiger partial charge is 0.376 e. The molecule has 1 N–H and O–H groups in total. The molecule has 19 heavy (non-hydrogen) atoms. The van der Waals surface area contributed by atoms with Gasteiger partial charge < -0.3 is 5.32 Å². The topological polar surface area (TPSA) is 24.9 Å². The monoisotopic (exact) mass is 316 g/mol. The van der Waals surface area contributed by atoms with E-state index in [1.54, 1.807) is 6.20 Å². The fraction of sp³-hybridized carbons (Fsp3) is 0.312. The van der Waals surface area contributed by atoms with Crippen molar-refractivity contribution in [3.05, 3.63) is 58.3 Å². The summed E-state index contributed by atoms with van der Waals surface area (Å²) in [5.41, 5.74) is 3.74. The van der Waals surface area contributed by atoms with Gasteiger partial charge in [0.25, 0.3) is 0 Å². The number of halogens is 1. The smallest absolute Gasteiger partial charge is 0.129 e. The molecule has 1 atom stereocenters. The van der Waals surface area contributed by atoms with Gasteiger partial charge in [0.05, 0.1) is 11.7 Å². The van der Waals surface area contributed by atoms with E-state index in [1.165, 1.54) is 24.0 Å². The van der Waals surface area contributed by atoms with Gasteiger partial charge >= 0.3 is 0 Å². The molecular formula is C16H17BrN2. The highest BCUT2D eigenvalue weighted by Crippen LogP contribution is 2.43. The normalized spacial score (nSPS) is 16.1. The lowest BCUT2D eigenvalue weighted by Crippen LogP contribution is -2.13. The van der Waals surface area contributed by atoms with Crippen LogP contribution in [0.4, 0.5) is 5.69 Å². The van der Waals surface area contributed by atoms with E-state index in [4.69, 9.17) is 0 Å². The number of aryl methyl sites for hydroxylation is 1. The van der Waals surface area contributed by atoms with Crippen molar-refractivity contribution < 1.29 is 0 Å². The van der Waals surface area contributed by atoms with E-state index < -0.39 is 0 Å². The lowest BCUT2D eigenvalue weighted by Gasteiger charge is -2.20. The molecule has 1 aromatic carbocycles. The van der Waals surface area contributed by atoms with Crippen molar-refractivity contribution in [3.8, 4) is 0 Å². The standard InChI is InChI=1S/C16H17BrN2/c1-11-4-6-12(7-5-11)15(13-8-9-13)19-14-3-2-10-18-16(14)17/h2-7,10,13,15,19H,8-9H2,1H3. The van der Waals surface area contributed by atoms with Crippen molar-refractivity contribution in [1.82, 2.24) is 4.98 Å². The fourth-order valence-electron chi connectivity index (χ4n) is 2.34. The average Bonchev–Trinajstić information content (AvgIpc) is 3.24. The van der Waals surface area contributed by atoms with Gasteiger partial charge in [-0.3, -0.25) is 0 Å². The van der Waals surface area contributed by atoms with Crippen LogP contribution < -0.4 is 5.32 Å². The molecule has 2 aromatic rings. The van der Waals surface area contributed by atoms with Crippen LogP contribution in [0.25, 0.3) is 0 Å². The highest BCUT2D eigenvalue weighted by Gasteiger charge is 2.32. The summed E-state index contributed by atoms with van der Waals surface area (Å²) in [5.74, 6) is 0.745. The molecule has 1 unspecified atom stereocenters. The highest BCUT2D eigenvalue weighted by molar-refractivity contribution is 9.10. The predicted molar refractivity (Wildman–Crippen MR) is 82.2 cm³/mol. The number of aromatic nitrogens is 1. The van der Waals surface area contributed by atoms with Gasteiger partial charge in [0.2, 0.25) is 0 Å². The molecule has 1 aromatic heterocycles. The van der Waals surface area contributed by atoms with Gasteiger partial charge in [0.15, 0.2) is 0 Å². The molecule has 0 radical (unpaired) electrons. The molecule has 1 aliphatic carbocycles. The van der Waals surface area contributed by atoms with E-state index in [0.29, 0.717) is 6.04 Å². The maximum atomic E-state index is 4.27. The molecule has 0 spiro atoms. The van der Waals surface area contributed by atoms with Crippen molar-refractivity contribution in [1.29, 1.82) is 0 Å². The average molecular weight is 317 g/mol. The summed E-state index contributed by atoms with van der Waals surface area (Å²) in [7, 11) is 0. The second kappa shape index (κ2) is 5.33. The second-order valence-corrected chi connectivity index (χ2v) is 5.96. The van der Waals surface area contributed by atoms with E-state index in [2.05, 4.69) is 63.5 Å². The molecule has 0 aliphatic heterocycles. The molecule has 1 aliphatic rings. The molecule has 1 fully saturated rings. The Morgan fingerprint density at radius 3 is 2.58 bits per heavy atom. The molecule has 0 saturated heterocycles. The maximum Gasteiger partial charge on any atom is 0.129 e. The number of benzene rings is 1. The molecular weight excluding hydrogens is 300 g/mol. The first-order valence-electron chi connectivity index (χ1n) is 6.67. The number of anilines is 1. The SMILES string of the molecule is Cc1ccc(C(Nc2cccnc2Br)C2CC2)cc1.